The van der Waals surface area contributed by atoms with Crippen molar-refractivity contribution < 1.29 is 39.6 Å². The van der Waals surface area contributed by atoms with E-state index < -0.39 is 11.8 Å². The number of halogens is 2. The Morgan fingerprint density at radius 1 is 0.460 bits per heavy atom. The molecule has 260 valence electrons. The van der Waals surface area contributed by atoms with Crippen molar-refractivity contribution in [3.05, 3.63) is 113 Å². The fourth-order valence-corrected chi connectivity index (χ4v) is 7.96. The molecule has 8 nitrogen and oxygen atoms in total. The van der Waals surface area contributed by atoms with Gasteiger partial charge in [-0.2, -0.15) is 0 Å². The first-order chi connectivity index (χ1) is 23.5. The van der Waals surface area contributed by atoms with Crippen LogP contribution in [0.3, 0.4) is 0 Å². The third-order valence-electron chi connectivity index (χ3n) is 9.49. The maximum atomic E-state index is 12.4. The predicted octanol–water partition coefficient (Wildman–Crippen LogP) is 7.38. The minimum absolute atomic E-state index is 0.0390. The molecule has 0 aromatic heterocycles. The van der Waals surface area contributed by atoms with Crippen LogP contribution in [0.15, 0.2) is 57.5 Å². The van der Waals surface area contributed by atoms with Gasteiger partial charge in [0.15, 0.2) is 0 Å². The summed E-state index contributed by atoms with van der Waals surface area (Å²) in [5.74, 6) is -2.94. The van der Waals surface area contributed by atoms with E-state index in [4.69, 9.17) is 0 Å². The Balaban J connectivity index is 1.75. The lowest BCUT2D eigenvalue weighted by Crippen LogP contribution is -2.22. The molecule has 4 N–H and O–H groups in total. The summed E-state index contributed by atoms with van der Waals surface area (Å²) < 4.78 is 1.30. The summed E-state index contributed by atoms with van der Waals surface area (Å²) in [4.78, 5) is 49.5. The third-order valence-corrected chi connectivity index (χ3v) is 10.4. The van der Waals surface area contributed by atoms with Crippen molar-refractivity contribution in [1.82, 2.24) is 0 Å². The Morgan fingerprint density at radius 3 is 0.860 bits per heavy atom. The lowest BCUT2D eigenvalue weighted by molar-refractivity contribution is -0.131. The van der Waals surface area contributed by atoms with E-state index in [-0.39, 0.29) is 84.7 Å². The summed E-state index contributed by atoms with van der Waals surface area (Å²) in [6.45, 7) is 5.51. The lowest BCUT2D eigenvalue weighted by Gasteiger charge is -2.20. The Bertz CT molecular complexity index is 1790. The molecule has 0 heterocycles. The van der Waals surface area contributed by atoms with Crippen molar-refractivity contribution >= 4 is 55.0 Å². The van der Waals surface area contributed by atoms with Crippen LogP contribution >= 0.6 is 31.9 Å². The number of carbonyl (C=O) groups excluding carboxylic acids is 4. The third kappa shape index (κ3) is 8.02. The van der Waals surface area contributed by atoms with Gasteiger partial charge in [-0.05, 0) is 120 Å². The molecule has 0 unspecified atom stereocenters. The molecule has 4 aromatic rings. The molecule has 0 aliphatic heterocycles. The molecule has 4 aromatic carbocycles. The molecule has 1 aliphatic carbocycles. The quantitative estimate of drug-likeness (QED) is 0.119. The fourth-order valence-electron chi connectivity index (χ4n) is 6.85. The summed E-state index contributed by atoms with van der Waals surface area (Å²) in [7, 11) is 0. The van der Waals surface area contributed by atoms with Gasteiger partial charge in [-0.25, -0.2) is 0 Å². The molecule has 0 fully saturated rings. The van der Waals surface area contributed by atoms with Crippen LogP contribution in [0.2, 0.25) is 0 Å². The first-order valence-corrected chi connectivity index (χ1v) is 17.8. The summed E-state index contributed by atoms with van der Waals surface area (Å²) in [5.41, 5.74) is 5.03. The molecule has 0 atom stereocenters. The number of hydrogen-bond donors (Lipinski definition) is 4. The molecule has 10 heteroatoms. The largest absolute Gasteiger partial charge is 0.507 e. The second-order valence-electron chi connectivity index (χ2n) is 13.3. The number of phenols is 4. The highest BCUT2D eigenvalue weighted by Gasteiger charge is 2.25. The number of rotatable bonds is 8. The summed E-state index contributed by atoms with van der Waals surface area (Å²) in [6, 6.07) is 13.9. The van der Waals surface area contributed by atoms with E-state index in [1.807, 2.05) is 0 Å². The van der Waals surface area contributed by atoms with Crippen LogP contribution in [0.25, 0.3) is 0 Å². The van der Waals surface area contributed by atoms with Gasteiger partial charge in [-0.15, -0.1) is 0 Å². The van der Waals surface area contributed by atoms with Crippen molar-refractivity contribution in [2.75, 3.05) is 0 Å². The molecule has 0 saturated carbocycles. The van der Waals surface area contributed by atoms with Crippen molar-refractivity contribution in [1.29, 1.82) is 0 Å². The van der Waals surface area contributed by atoms with E-state index in [9.17, 15) is 39.6 Å². The molecule has 50 heavy (non-hydrogen) atoms. The minimum atomic E-state index is -0.859. The van der Waals surface area contributed by atoms with Crippen LogP contribution in [0.1, 0.15) is 83.3 Å². The Kier molecular flexibility index (Phi) is 11.0. The molecule has 1 aliphatic rings. The van der Waals surface area contributed by atoms with Crippen LogP contribution in [0.5, 0.6) is 23.0 Å². The second kappa shape index (κ2) is 14.9. The van der Waals surface area contributed by atoms with E-state index >= 15 is 0 Å². The average molecular weight is 807 g/mol. The normalized spacial score (nSPS) is 12.6. The summed E-state index contributed by atoms with van der Waals surface area (Å²) in [5, 5.41) is 46.5. The maximum absolute atomic E-state index is 12.4. The van der Waals surface area contributed by atoms with Crippen LogP contribution < -0.4 is 0 Å². The SMILES string of the molecule is CC(=O)C(Cc1cc2c(O)c(c1)Cc1cc(Br)cc(c1O)Cc1cc(CC(C(C)=O)C(C)=O)cc(c1O)Cc1cc(Br)cc(c1O)C2)C(C)=O. The molecule has 5 rings (SSSR count). The highest BCUT2D eigenvalue weighted by molar-refractivity contribution is 9.10. The molecular weight excluding hydrogens is 768 g/mol. The van der Waals surface area contributed by atoms with Gasteiger partial charge >= 0.3 is 0 Å². The Labute approximate surface area is 307 Å². The highest BCUT2D eigenvalue weighted by Crippen LogP contribution is 2.40. The number of phenolic OH excluding ortho intramolecular Hbond substituents is 4. The van der Waals surface area contributed by atoms with Gasteiger partial charge in [-0.3, -0.25) is 19.2 Å². The van der Waals surface area contributed by atoms with E-state index in [1.54, 1.807) is 48.5 Å². The van der Waals surface area contributed by atoms with Gasteiger partial charge in [0.1, 0.15) is 46.1 Å². The van der Waals surface area contributed by atoms with Gasteiger partial charge in [0.05, 0.1) is 11.8 Å². The number of ketones is 4. The van der Waals surface area contributed by atoms with Gasteiger partial charge in [-0.1, -0.05) is 56.1 Å². The van der Waals surface area contributed by atoms with Crippen molar-refractivity contribution in [2.24, 2.45) is 11.8 Å². The molecule has 0 spiro atoms. The number of Topliss-reactive ketones (excluding diaryl/α,β-unsaturated/α-hetero) is 4. The van der Waals surface area contributed by atoms with Crippen LogP contribution in [-0.2, 0) is 57.7 Å². The van der Waals surface area contributed by atoms with Gasteiger partial charge in [0.2, 0.25) is 0 Å². The number of carbonyl (C=O) groups is 4. The van der Waals surface area contributed by atoms with Gasteiger partial charge in [0, 0.05) is 34.6 Å². The average Bonchev–Trinajstić information content (AvgIpc) is 3.02. The topological polar surface area (TPSA) is 149 Å². The monoisotopic (exact) mass is 804 g/mol. The molecule has 8 bridgehead atoms. The van der Waals surface area contributed by atoms with Gasteiger partial charge < -0.3 is 20.4 Å². The zero-order valence-electron chi connectivity index (χ0n) is 28.2. The highest BCUT2D eigenvalue weighted by atomic mass is 79.9. The molecule has 0 amide bonds. The zero-order valence-corrected chi connectivity index (χ0v) is 31.4. The standard InChI is InChI=1S/C40H38Br2O8/c1-19(43)35(20(2)44)9-23-5-25-11-29-15-33(41)17-31(39(29)49)13-27-7-24(10-36(21(3)45)22(4)46)8-28(38(27)48)14-32-18-34(42)16-30(40(32)50)12-26(6-23)37(25)47/h5-8,15-18,35-36,47-50H,9-14H2,1-4H3. The van der Waals surface area contributed by atoms with E-state index in [0.29, 0.717) is 64.6 Å². The van der Waals surface area contributed by atoms with Crippen LogP contribution in [-0.4, -0.2) is 43.6 Å². The van der Waals surface area contributed by atoms with Gasteiger partial charge in [0.25, 0.3) is 0 Å². The smallest absolute Gasteiger partial charge is 0.140 e. The first-order valence-electron chi connectivity index (χ1n) is 16.2. The minimum Gasteiger partial charge on any atom is -0.507 e. The number of hydrogen-bond acceptors (Lipinski definition) is 8. The molecule has 0 radical (unpaired) electrons. The van der Waals surface area contributed by atoms with Crippen molar-refractivity contribution in [3.63, 3.8) is 0 Å². The molecular formula is C40H38Br2O8. The Morgan fingerprint density at radius 2 is 0.660 bits per heavy atom. The second-order valence-corrected chi connectivity index (χ2v) is 15.2. The van der Waals surface area contributed by atoms with E-state index in [0.717, 1.165) is 0 Å². The van der Waals surface area contributed by atoms with Crippen molar-refractivity contribution in [2.45, 2.75) is 66.2 Å². The van der Waals surface area contributed by atoms with E-state index in [2.05, 4.69) is 31.9 Å². The first kappa shape index (κ1) is 37.0. The lowest BCUT2D eigenvalue weighted by atomic mass is 9.86. The fraction of sp³-hybridized carbons (Fsp3) is 0.300. The number of benzene rings is 4. The molecule has 0 saturated heterocycles. The zero-order chi connectivity index (χ0) is 36.6. The Hall–Kier alpha value is -4.28. The van der Waals surface area contributed by atoms with Crippen molar-refractivity contribution in [3.8, 4) is 23.0 Å². The van der Waals surface area contributed by atoms with Crippen LogP contribution in [0.4, 0.5) is 0 Å². The summed E-state index contributed by atoms with van der Waals surface area (Å²) in [6.07, 6.45) is 0.591. The van der Waals surface area contributed by atoms with E-state index in [1.165, 1.54) is 27.7 Å². The number of fused-ring (bicyclic) bond motifs is 8. The predicted molar refractivity (Wildman–Crippen MR) is 196 cm³/mol. The summed E-state index contributed by atoms with van der Waals surface area (Å²) >= 11 is 7.10. The number of aromatic hydroxyl groups is 4. The van der Waals surface area contributed by atoms with Crippen LogP contribution in [0, 0.1) is 11.8 Å². The maximum Gasteiger partial charge on any atom is 0.140 e.